The van der Waals surface area contributed by atoms with Crippen molar-refractivity contribution in [3.05, 3.63) is 53.3 Å². The zero-order valence-corrected chi connectivity index (χ0v) is 18.3. The van der Waals surface area contributed by atoms with E-state index < -0.39 is 41.5 Å². The van der Waals surface area contributed by atoms with Gasteiger partial charge in [-0.05, 0) is 36.8 Å². The smallest absolute Gasteiger partial charge is 0.257 e. The highest BCUT2D eigenvalue weighted by atomic mass is 19.2. The number of nitrogens with one attached hydrogen (secondary N) is 2. The minimum Gasteiger partial charge on any atom is -0.493 e. The number of amides is 3. The molecule has 0 aliphatic heterocycles. The molecule has 11 heteroatoms. The van der Waals surface area contributed by atoms with Gasteiger partial charge in [0.1, 0.15) is 6.54 Å². The Morgan fingerprint density at radius 3 is 2.36 bits per heavy atom. The van der Waals surface area contributed by atoms with Crippen LogP contribution in [-0.2, 0) is 9.59 Å². The van der Waals surface area contributed by atoms with Gasteiger partial charge in [0, 0.05) is 19.2 Å². The average molecular weight is 467 g/mol. The minimum absolute atomic E-state index is 0.180. The Balaban J connectivity index is 2.16. The molecule has 178 valence electrons. The monoisotopic (exact) mass is 467 g/mol. The second kappa shape index (κ2) is 11.7. The van der Waals surface area contributed by atoms with Crippen molar-refractivity contribution in [1.82, 2.24) is 10.2 Å². The molecule has 2 rings (SSSR count). The Hall–Kier alpha value is -3.76. The number of carbonyl (C=O) groups is 3. The number of carbonyl (C=O) groups excluding carboxylic acids is 3. The lowest BCUT2D eigenvalue weighted by atomic mass is 10.1. The predicted molar refractivity (Wildman–Crippen MR) is 114 cm³/mol. The molecule has 2 aromatic carbocycles. The molecule has 33 heavy (non-hydrogen) atoms. The van der Waals surface area contributed by atoms with Crippen molar-refractivity contribution in [1.29, 1.82) is 0 Å². The van der Waals surface area contributed by atoms with Crippen LogP contribution < -0.4 is 20.1 Å². The van der Waals surface area contributed by atoms with Gasteiger partial charge < -0.3 is 25.0 Å². The van der Waals surface area contributed by atoms with Crippen molar-refractivity contribution in [2.75, 3.05) is 39.2 Å². The fraction of sp³-hybridized carbons (Fsp3) is 0.318. The van der Waals surface area contributed by atoms with Gasteiger partial charge >= 0.3 is 0 Å². The maximum atomic E-state index is 13.8. The Kier molecular flexibility index (Phi) is 9.08. The molecule has 0 fully saturated rings. The van der Waals surface area contributed by atoms with Crippen LogP contribution in [0.4, 0.5) is 18.9 Å². The first-order valence-corrected chi connectivity index (χ1v) is 9.95. The molecule has 0 bridgehead atoms. The Bertz CT molecular complexity index is 1030. The third-order valence-corrected chi connectivity index (χ3v) is 4.47. The van der Waals surface area contributed by atoms with Crippen molar-refractivity contribution in [2.24, 2.45) is 0 Å². The predicted octanol–water partition coefficient (Wildman–Crippen LogP) is 2.73. The highest BCUT2D eigenvalue weighted by molar-refractivity contribution is 5.99. The first-order valence-electron chi connectivity index (χ1n) is 9.95. The van der Waals surface area contributed by atoms with Crippen LogP contribution in [0.25, 0.3) is 0 Å². The van der Waals surface area contributed by atoms with Crippen LogP contribution in [0, 0.1) is 17.5 Å². The number of hydrogen-bond donors (Lipinski definition) is 2. The molecular formula is C22H24F3N3O5. The summed E-state index contributed by atoms with van der Waals surface area (Å²) in [6.45, 7) is 1.29. The van der Waals surface area contributed by atoms with Gasteiger partial charge in [-0.3, -0.25) is 14.4 Å². The summed E-state index contributed by atoms with van der Waals surface area (Å²) < 4.78 is 50.9. The van der Waals surface area contributed by atoms with E-state index in [1.807, 2.05) is 0 Å². The summed E-state index contributed by atoms with van der Waals surface area (Å²) in [4.78, 5) is 37.9. The Labute approximate surface area is 188 Å². The fourth-order valence-corrected chi connectivity index (χ4v) is 2.83. The second-order valence-corrected chi connectivity index (χ2v) is 6.83. The average Bonchev–Trinajstić information content (AvgIpc) is 2.81. The van der Waals surface area contributed by atoms with E-state index in [0.29, 0.717) is 12.5 Å². The van der Waals surface area contributed by atoms with Crippen molar-refractivity contribution >= 4 is 23.4 Å². The molecule has 2 N–H and O–H groups in total. The van der Waals surface area contributed by atoms with Crippen LogP contribution in [0.15, 0.2) is 30.3 Å². The van der Waals surface area contributed by atoms with E-state index >= 15 is 0 Å². The van der Waals surface area contributed by atoms with Gasteiger partial charge in [-0.2, -0.15) is 0 Å². The van der Waals surface area contributed by atoms with E-state index in [4.69, 9.17) is 9.47 Å². The standard InChI is InChI=1S/C22H24F3N3O5/c1-4-9-28(11-18(29)27-15-7-6-14(23)20(24)21(15)25)22(31)13-5-8-16(17(10-13)32-3)33-12-19(30)26-2/h5-8,10H,4,9,11-12H2,1-3H3,(H,26,30)(H,27,29). The van der Waals surface area contributed by atoms with E-state index in [-0.39, 0.29) is 36.1 Å². The van der Waals surface area contributed by atoms with Crippen LogP contribution in [0.1, 0.15) is 23.7 Å². The molecule has 0 saturated heterocycles. The highest BCUT2D eigenvalue weighted by Gasteiger charge is 2.22. The second-order valence-electron chi connectivity index (χ2n) is 6.83. The number of likely N-dealkylation sites (N-methyl/N-ethyl adjacent to an activating group) is 1. The van der Waals surface area contributed by atoms with Crippen LogP contribution in [0.5, 0.6) is 11.5 Å². The third-order valence-electron chi connectivity index (χ3n) is 4.47. The van der Waals surface area contributed by atoms with Gasteiger partial charge in [-0.15, -0.1) is 0 Å². The largest absolute Gasteiger partial charge is 0.493 e. The zero-order chi connectivity index (χ0) is 24.5. The molecule has 3 amide bonds. The molecule has 0 spiro atoms. The molecule has 0 atom stereocenters. The van der Waals surface area contributed by atoms with Crippen molar-refractivity contribution < 1.29 is 37.0 Å². The summed E-state index contributed by atoms with van der Waals surface area (Å²) in [6, 6.07) is 5.87. The van der Waals surface area contributed by atoms with Gasteiger partial charge in [0.05, 0.1) is 12.8 Å². The molecule has 0 radical (unpaired) electrons. The number of methoxy groups -OCH3 is 1. The number of halogens is 3. The maximum absolute atomic E-state index is 13.8. The SMILES string of the molecule is CCCN(CC(=O)Nc1ccc(F)c(F)c1F)C(=O)c1ccc(OCC(=O)NC)c(OC)c1. The van der Waals surface area contributed by atoms with Gasteiger partial charge in [0.2, 0.25) is 5.91 Å². The van der Waals surface area contributed by atoms with E-state index in [1.54, 1.807) is 6.92 Å². The van der Waals surface area contributed by atoms with Gasteiger partial charge in [0.15, 0.2) is 35.6 Å². The van der Waals surface area contributed by atoms with Gasteiger partial charge in [-0.25, -0.2) is 13.2 Å². The molecule has 0 saturated carbocycles. The molecular weight excluding hydrogens is 443 g/mol. The summed E-state index contributed by atoms with van der Waals surface area (Å²) in [7, 11) is 2.83. The Morgan fingerprint density at radius 2 is 1.73 bits per heavy atom. The van der Waals surface area contributed by atoms with Crippen LogP contribution in [0.2, 0.25) is 0 Å². The lowest BCUT2D eigenvalue weighted by molar-refractivity contribution is -0.122. The van der Waals surface area contributed by atoms with E-state index in [9.17, 15) is 27.6 Å². The summed E-state index contributed by atoms with van der Waals surface area (Å²) in [5, 5.41) is 4.55. The zero-order valence-electron chi connectivity index (χ0n) is 18.3. The maximum Gasteiger partial charge on any atom is 0.257 e. The summed E-state index contributed by atoms with van der Waals surface area (Å²) in [5.74, 6) is -5.84. The number of ether oxygens (including phenoxy) is 2. The minimum atomic E-state index is -1.71. The first kappa shape index (κ1) is 25.5. The topological polar surface area (TPSA) is 97.0 Å². The lowest BCUT2D eigenvalue weighted by Gasteiger charge is -2.22. The molecule has 0 aliphatic carbocycles. The summed E-state index contributed by atoms with van der Waals surface area (Å²) in [6.07, 6.45) is 0.517. The van der Waals surface area contributed by atoms with Crippen molar-refractivity contribution in [3.63, 3.8) is 0 Å². The lowest BCUT2D eigenvalue weighted by Crippen LogP contribution is -2.38. The number of benzene rings is 2. The van der Waals surface area contributed by atoms with Crippen molar-refractivity contribution in [3.8, 4) is 11.5 Å². The van der Waals surface area contributed by atoms with Crippen LogP contribution in [-0.4, -0.2) is 56.5 Å². The molecule has 0 aromatic heterocycles. The molecule has 0 heterocycles. The number of nitrogens with zero attached hydrogens (tertiary/aromatic N) is 1. The summed E-state index contributed by atoms with van der Waals surface area (Å²) >= 11 is 0. The third kappa shape index (κ3) is 6.61. The van der Waals surface area contributed by atoms with E-state index in [0.717, 1.165) is 6.07 Å². The highest BCUT2D eigenvalue weighted by Crippen LogP contribution is 2.28. The van der Waals surface area contributed by atoms with Crippen LogP contribution >= 0.6 is 0 Å². The Morgan fingerprint density at radius 1 is 1.00 bits per heavy atom. The van der Waals surface area contributed by atoms with Gasteiger partial charge in [0.25, 0.3) is 11.8 Å². The number of hydrogen-bond acceptors (Lipinski definition) is 5. The normalized spacial score (nSPS) is 10.4. The quantitative estimate of drug-likeness (QED) is 0.524. The van der Waals surface area contributed by atoms with Gasteiger partial charge in [-0.1, -0.05) is 6.92 Å². The molecule has 8 nitrogen and oxygen atoms in total. The summed E-state index contributed by atoms with van der Waals surface area (Å²) in [5.41, 5.74) is -0.360. The molecule has 0 unspecified atom stereocenters. The van der Waals surface area contributed by atoms with E-state index in [2.05, 4.69) is 10.6 Å². The first-order chi connectivity index (χ1) is 15.7. The van der Waals surface area contributed by atoms with Crippen LogP contribution in [0.3, 0.4) is 0 Å². The number of anilines is 1. The molecule has 0 aliphatic rings. The number of rotatable bonds is 10. The fourth-order valence-electron chi connectivity index (χ4n) is 2.83. The van der Waals surface area contributed by atoms with E-state index in [1.165, 1.54) is 37.3 Å². The molecule has 2 aromatic rings. The van der Waals surface area contributed by atoms with Crippen molar-refractivity contribution in [2.45, 2.75) is 13.3 Å².